The van der Waals surface area contributed by atoms with Crippen molar-refractivity contribution < 1.29 is 18.0 Å². The molecule has 5 heteroatoms. The highest BCUT2D eigenvalue weighted by atomic mass is 28.4. The normalized spacial score (nSPS) is 41.7. The summed E-state index contributed by atoms with van der Waals surface area (Å²) in [5.74, 6) is 0. The lowest BCUT2D eigenvalue weighted by molar-refractivity contribution is 0.0992. The zero-order valence-electron chi connectivity index (χ0n) is 9.28. The van der Waals surface area contributed by atoms with E-state index in [9.17, 15) is 0 Å². The Labute approximate surface area is 90.5 Å². The fourth-order valence-corrected chi connectivity index (χ4v) is 6.03. The van der Waals surface area contributed by atoms with E-state index in [1.165, 1.54) is 5.57 Å². The second-order valence-corrected chi connectivity index (χ2v) is 7.60. The molecular formula is C10H16O4Si. The summed E-state index contributed by atoms with van der Waals surface area (Å²) in [6.45, 7) is 0. The van der Waals surface area contributed by atoms with Gasteiger partial charge in [0.2, 0.25) is 0 Å². The van der Waals surface area contributed by atoms with Crippen molar-refractivity contribution in [1.82, 2.24) is 0 Å². The van der Waals surface area contributed by atoms with Crippen LogP contribution in [0, 0.1) is 0 Å². The molecule has 1 saturated heterocycles. The molecule has 3 rings (SSSR count). The van der Waals surface area contributed by atoms with Gasteiger partial charge in [-0.2, -0.15) is 0 Å². The summed E-state index contributed by atoms with van der Waals surface area (Å²) in [4.78, 5) is 0. The molecule has 0 N–H and O–H groups in total. The quantitative estimate of drug-likeness (QED) is 0.410. The zero-order chi connectivity index (χ0) is 10.7. The maximum atomic E-state index is 5.77. The summed E-state index contributed by atoms with van der Waals surface area (Å²) in [5, 5.41) is 0. The van der Waals surface area contributed by atoms with Crippen LogP contribution in [-0.2, 0) is 18.0 Å². The van der Waals surface area contributed by atoms with Gasteiger partial charge in [0.25, 0.3) is 0 Å². The lowest BCUT2D eigenvalue weighted by Gasteiger charge is -2.32. The van der Waals surface area contributed by atoms with Crippen LogP contribution in [0.5, 0.6) is 0 Å². The first-order valence-electron chi connectivity index (χ1n) is 5.23. The monoisotopic (exact) mass is 228 g/mol. The molecule has 15 heavy (non-hydrogen) atoms. The summed E-state index contributed by atoms with van der Waals surface area (Å²) >= 11 is 0. The number of hydrogen-bond donors (Lipinski definition) is 0. The fraction of sp³-hybridized carbons (Fsp3) is 0.800. The number of fused-ring (bicyclic) bond motifs is 1. The molecule has 0 aromatic carbocycles. The van der Waals surface area contributed by atoms with Crippen molar-refractivity contribution in [3.05, 3.63) is 11.6 Å². The van der Waals surface area contributed by atoms with Crippen molar-refractivity contribution in [3.8, 4) is 0 Å². The van der Waals surface area contributed by atoms with Gasteiger partial charge < -0.3 is 18.0 Å². The maximum Gasteiger partial charge on any atom is 0.506 e. The zero-order valence-corrected chi connectivity index (χ0v) is 10.3. The molecule has 1 spiro atoms. The SMILES string of the molecule is CO[Si](OC)(OC)C1CC2=CC3OC31C2. The summed E-state index contributed by atoms with van der Waals surface area (Å²) < 4.78 is 22.4. The van der Waals surface area contributed by atoms with Crippen LogP contribution < -0.4 is 0 Å². The molecule has 84 valence electrons. The van der Waals surface area contributed by atoms with Gasteiger partial charge >= 0.3 is 8.80 Å². The highest BCUT2D eigenvalue weighted by molar-refractivity contribution is 6.63. The first-order chi connectivity index (χ1) is 7.20. The lowest BCUT2D eigenvalue weighted by Crippen LogP contribution is -2.51. The number of rotatable bonds is 4. The Morgan fingerprint density at radius 2 is 2.00 bits per heavy atom. The second kappa shape index (κ2) is 2.92. The Morgan fingerprint density at radius 1 is 1.33 bits per heavy atom. The van der Waals surface area contributed by atoms with Crippen LogP contribution in [0.3, 0.4) is 0 Å². The number of epoxide rings is 1. The molecule has 3 aliphatic rings. The summed E-state index contributed by atoms with van der Waals surface area (Å²) in [6, 6.07) is 0. The summed E-state index contributed by atoms with van der Waals surface area (Å²) in [7, 11) is 2.49. The Hall–Kier alpha value is -0.203. The molecule has 0 radical (unpaired) electrons. The van der Waals surface area contributed by atoms with Crippen LogP contribution in [0.1, 0.15) is 12.8 Å². The first-order valence-corrected chi connectivity index (χ1v) is 7.04. The molecule has 3 unspecified atom stereocenters. The third kappa shape index (κ3) is 1.05. The predicted molar refractivity (Wildman–Crippen MR) is 55.5 cm³/mol. The van der Waals surface area contributed by atoms with Gasteiger partial charge in [-0.25, -0.2) is 0 Å². The third-order valence-corrected chi connectivity index (χ3v) is 7.25. The van der Waals surface area contributed by atoms with Gasteiger partial charge in [-0.1, -0.05) is 11.6 Å². The molecule has 2 fully saturated rings. The Morgan fingerprint density at radius 3 is 2.47 bits per heavy atom. The van der Waals surface area contributed by atoms with Gasteiger partial charge in [0.1, 0.15) is 11.7 Å². The van der Waals surface area contributed by atoms with Gasteiger partial charge in [-0.3, -0.25) is 0 Å². The van der Waals surface area contributed by atoms with E-state index in [0.717, 1.165) is 12.8 Å². The van der Waals surface area contributed by atoms with E-state index in [2.05, 4.69) is 6.08 Å². The van der Waals surface area contributed by atoms with Crippen LogP contribution in [0.15, 0.2) is 11.6 Å². The van der Waals surface area contributed by atoms with E-state index in [4.69, 9.17) is 18.0 Å². The van der Waals surface area contributed by atoms with E-state index in [0.29, 0.717) is 6.10 Å². The molecule has 2 bridgehead atoms. The van der Waals surface area contributed by atoms with Crippen LogP contribution in [0.25, 0.3) is 0 Å². The third-order valence-electron chi connectivity index (χ3n) is 4.00. The van der Waals surface area contributed by atoms with Crippen molar-refractivity contribution in [3.63, 3.8) is 0 Å². The van der Waals surface area contributed by atoms with Gasteiger partial charge in [0.15, 0.2) is 0 Å². The van der Waals surface area contributed by atoms with Gasteiger partial charge in [-0.15, -0.1) is 0 Å². The van der Waals surface area contributed by atoms with Crippen LogP contribution >= 0.6 is 0 Å². The second-order valence-electron chi connectivity index (χ2n) is 4.47. The molecular weight excluding hydrogens is 212 g/mol. The molecule has 2 aliphatic carbocycles. The Balaban J connectivity index is 1.92. The largest absolute Gasteiger partial charge is 0.506 e. The minimum Gasteiger partial charge on any atom is -0.377 e. The van der Waals surface area contributed by atoms with E-state index < -0.39 is 8.80 Å². The van der Waals surface area contributed by atoms with Gasteiger partial charge in [0, 0.05) is 27.8 Å². The van der Waals surface area contributed by atoms with E-state index in [1.807, 2.05) is 0 Å². The molecule has 0 aromatic heterocycles. The average Bonchev–Trinajstić information content (AvgIpc) is 2.70. The van der Waals surface area contributed by atoms with Crippen molar-refractivity contribution >= 4 is 8.80 Å². The van der Waals surface area contributed by atoms with Crippen LogP contribution in [0.2, 0.25) is 5.54 Å². The number of ether oxygens (including phenoxy) is 1. The van der Waals surface area contributed by atoms with Gasteiger partial charge in [0.05, 0.1) is 5.54 Å². The summed E-state index contributed by atoms with van der Waals surface area (Å²) in [6.07, 6.45) is 4.61. The number of hydrogen-bond acceptors (Lipinski definition) is 4. The highest BCUT2D eigenvalue weighted by Crippen LogP contribution is 2.66. The maximum absolute atomic E-state index is 5.77. The average molecular weight is 228 g/mol. The van der Waals surface area contributed by atoms with E-state index >= 15 is 0 Å². The molecule has 4 nitrogen and oxygen atoms in total. The lowest BCUT2D eigenvalue weighted by atomic mass is 10.1. The molecule has 3 atom stereocenters. The highest BCUT2D eigenvalue weighted by Gasteiger charge is 2.75. The predicted octanol–water partition coefficient (Wildman–Crippen LogP) is 1.11. The van der Waals surface area contributed by atoms with Crippen LogP contribution in [-0.4, -0.2) is 41.8 Å². The Kier molecular flexibility index (Phi) is 1.95. The van der Waals surface area contributed by atoms with Crippen molar-refractivity contribution in [1.29, 1.82) is 0 Å². The van der Waals surface area contributed by atoms with E-state index in [1.54, 1.807) is 21.3 Å². The smallest absolute Gasteiger partial charge is 0.377 e. The molecule has 0 amide bonds. The fourth-order valence-electron chi connectivity index (χ4n) is 3.23. The Bertz CT molecular complexity index is 317. The molecule has 1 saturated carbocycles. The minimum atomic E-state index is -2.53. The van der Waals surface area contributed by atoms with E-state index in [-0.39, 0.29) is 11.1 Å². The standard InChI is InChI=1S/C10H16O4Si/c1-11-15(12-2,13-3)9-5-7-4-8-10(9,6-7)14-8/h4,8-9H,5-6H2,1-3H3. The topological polar surface area (TPSA) is 40.2 Å². The molecule has 1 aliphatic heterocycles. The van der Waals surface area contributed by atoms with Gasteiger partial charge in [-0.05, 0) is 6.42 Å². The molecule has 1 heterocycles. The molecule has 0 aromatic rings. The minimum absolute atomic E-state index is 0.0242. The first kappa shape index (κ1) is 9.98. The van der Waals surface area contributed by atoms with Crippen molar-refractivity contribution in [2.45, 2.75) is 30.1 Å². The summed E-state index contributed by atoms with van der Waals surface area (Å²) in [5.41, 5.74) is 1.75. The van der Waals surface area contributed by atoms with Crippen LogP contribution in [0.4, 0.5) is 0 Å². The van der Waals surface area contributed by atoms with Crippen molar-refractivity contribution in [2.75, 3.05) is 21.3 Å². The van der Waals surface area contributed by atoms with Crippen molar-refractivity contribution in [2.24, 2.45) is 0 Å².